The van der Waals surface area contributed by atoms with Gasteiger partial charge >= 0.3 is 0 Å². The van der Waals surface area contributed by atoms with Crippen LogP contribution in [0.4, 0.5) is 34.9 Å². The molecule has 14 aliphatic rings. The summed E-state index contributed by atoms with van der Waals surface area (Å²) in [5.41, 5.74) is 56.0. The Bertz CT molecular complexity index is 5170. The molecule has 130 heavy (non-hydrogen) atoms. The molecule has 7 aromatic rings. The molecular weight excluding hydrogens is 1640 g/mol. The van der Waals surface area contributed by atoms with Crippen LogP contribution in [0.3, 0.4) is 0 Å². The molecule has 12 atom stereocenters. The van der Waals surface area contributed by atoms with E-state index in [-0.39, 0.29) is 48.6 Å². The van der Waals surface area contributed by atoms with Gasteiger partial charge in [0, 0.05) is 181 Å². The van der Waals surface area contributed by atoms with Gasteiger partial charge in [0.05, 0.1) is 83.2 Å². The quantitative estimate of drug-likeness (QED) is 0.0291. The van der Waals surface area contributed by atoms with E-state index in [1.165, 1.54) is 117 Å². The predicted molar refractivity (Wildman–Crippen MR) is 509 cm³/mol. The van der Waals surface area contributed by atoms with Crippen molar-refractivity contribution in [3.8, 4) is 0 Å². The Morgan fingerprint density at radius 3 is 1.12 bits per heavy atom. The number of aliphatic hydroxyl groups excluding tert-OH is 6. The number of β-amino-alcohol motifs (C(OH)–C–C–N with tert-alkyl or cyclic N) is 6. The minimum Gasteiger partial charge on any atom is -0.391 e. The lowest BCUT2D eigenvalue weighted by molar-refractivity contribution is 0.108. The highest BCUT2D eigenvalue weighted by molar-refractivity contribution is 5.79. The topological polar surface area (TPSA) is 469 Å². The number of anilines is 6. The number of aliphatic hydroxyl groups is 6. The molecule has 6 aliphatic heterocycles. The number of imidazole rings is 1. The summed E-state index contributed by atoms with van der Waals surface area (Å²) in [5.74, 6) is 7.56. The Balaban J connectivity index is 0.000000114. The first-order valence-corrected chi connectivity index (χ1v) is 47.8. The van der Waals surface area contributed by atoms with Gasteiger partial charge in [0.25, 0.3) is 0 Å². The average molecular weight is 1780 g/mol. The summed E-state index contributed by atoms with van der Waals surface area (Å²) in [6.07, 6.45) is 49.1. The monoisotopic (exact) mass is 1780 g/mol. The first kappa shape index (κ1) is 93.4. The van der Waals surface area contributed by atoms with E-state index in [4.69, 9.17) is 34.4 Å². The molecule has 8 aliphatic carbocycles. The van der Waals surface area contributed by atoms with Gasteiger partial charge in [-0.1, -0.05) is 146 Å². The first-order chi connectivity index (χ1) is 63.0. The fraction of sp³-hybridized carbons (Fsp3) is 0.582. The molecule has 21 rings (SSSR count). The minimum absolute atomic E-state index is 0.0550. The molecule has 696 valence electrons. The van der Waals surface area contributed by atoms with Gasteiger partial charge in [0.15, 0.2) is 0 Å². The summed E-state index contributed by atoms with van der Waals surface area (Å²) in [6.45, 7) is 27.6. The van der Waals surface area contributed by atoms with E-state index in [9.17, 15) is 30.6 Å². The van der Waals surface area contributed by atoms with Crippen molar-refractivity contribution >= 4 is 68.3 Å². The molecule has 0 bridgehead atoms. The maximum absolute atomic E-state index is 10.5. The van der Waals surface area contributed by atoms with Gasteiger partial charge in [-0.05, 0) is 121 Å². The number of likely N-dealkylation sites (tertiary alicyclic amines) is 6. The van der Waals surface area contributed by atoms with E-state index in [2.05, 4.69) is 158 Å². The fourth-order valence-corrected chi connectivity index (χ4v) is 23.0. The molecule has 2 saturated carbocycles. The van der Waals surface area contributed by atoms with Crippen molar-refractivity contribution in [2.45, 2.75) is 199 Å². The number of nitrogens with zero attached hydrogens (tertiary/aromatic N) is 20. The van der Waals surface area contributed by atoms with Crippen LogP contribution in [0.15, 0.2) is 105 Å². The molecule has 0 spiro atoms. The molecule has 7 aromatic heterocycles. The smallest absolute Gasteiger partial charge is 0.130 e. The number of hydrogen-bond acceptors (Lipinski definition) is 31. The Morgan fingerprint density at radius 2 is 0.731 bits per heavy atom. The van der Waals surface area contributed by atoms with Crippen molar-refractivity contribution < 1.29 is 30.6 Å². The summed E-state index contributed by atoms with van der Waals surface area (Å²) in [6, 6.07) is 0.0550. The summed E-state index contributed by atoms with van der Waals surface area (Å²) in [4.78, 5) is 68.7. The van der Waals surface area contributed by atoms with E-state index in [1.807, 2.05) is 17.7 Å². The zero-order valence-electron chi connectivity index (χ0n) is 76.5. The van der Waals surface area contributed by atoms with Gasteiger partial charge in [0.1, 0.15) is 72.9 Å². The largest absolute Gasteiger partial charge is 0.391 e. The molecule has 0 aromatic carbocycles. The van der Waals surface area contributed by atoms with E-state index < -0.39 is 0 Å². The lowest BCUT2D eigenvalue weighted by Crippen LogP contribution is -2.25. The van der Waals surface area contributed by atoms with Crippen LogP contribution in [0.25, 0.3) is 33.4 Å². The van der Waals surface area contributed by atoms with E-state index in [0.717, 1.165) is 254 Å². The van der Waals surface area contributed by atoms with Crippen molar-refractivity contribution in [1.29, 1.82) is 0 Å². The summed E-state index contributed by atoms with van der Waals surface area (Å²) in [5, 5.41) is 61.8. The van der Waals surface area contributed by atoms with Crippen LogP contribution in [0.1, 0.15) is 191 Å². The second-order valence-electron chi connectivity index (χ2n) is 38.7. The Labute approximate surface area is 764 Å². The van der Waals surface area contributed by atoms with Crippen LogP contribution in [0, 0.1) is 47.3 Å². The van der Waals surface area contributed by atoms with Crippen molar-refractivity contribution in [1.82, 2.24) is 98.8 Å². The number of rotatable bonds is 22. The van der Waals surface area contributed by atoms with Gasteiger partial charge in [-0.15, -0.1) is 0 Å². The first-order valence-electron chi connectivity index (χ1n) is 47.8. The maximum atomic E-state index is 10.5. The van der Waals surface area contributed by atoms with Crippen molar-refractivity contribution in [2.24, 2.45) is 47.3 Å². The van der Waals surface area contributed by atoms with Gasteiger partial charge in [-0.2, -0.15) is 0 Å². The Kier molecular flexibility index (Phi) is 30.8. The van der Waals surface area contributed by atoms with E-state index >= 15 is 0 Å². The van der Waals surface area contributed by atoms with E-state index in [1.54, 1.807) is 31.5 Å². The molecule has 0 unspecified atom stereocenters. The number of fused-ring (bicyclic) bond motifs is 6. The number of nitrogens with two attached hydrogens (primary N) is 6. The SMILES string of the molecule is C=C(C)[C@H]1CN(CC2=CCc3c(N)ncnc32)C[C@@H]1O.CCC(CC)[C@H]1CN(CC2=CCc3c(N)ncnc32)C[C@@H]1O.CCC[C@H]1CN(CC2=CCc3c(N)ncnc32)C[C@@H]1O.Nc1ncnc2c1CC=C2CN1C[C@H](C2CCCC2)[C@@H](O)C1.Nc1ncnc2c1CC=C2CN1C[C@H](CC2CCCCC2)[C@@H](O)C1.Nc1ncnc2c1CC=C2CN1C[C@H](O)[C@@H](n2ccnc2)C1. The molecule has 32 heteroatoms. The standard InChI is InChI=1S/C19H28N4O.C17H24N4O.C17H26N4O.C15H18N6O.C15H20N4O.C15H22N4O/c20-19-16-7-6-14(18(16)21-12-22-19)9-23-10-15(17(24)11-23)8-13-4-2-1-3-5-13;18-17-13-6-5-12(16(13)19-10-20-17)7-21-8-14(15(22)9-21)11-3-1-2-4-11;1-3-11(4-2)14-8-21(9-15(14)22)7-12-5-6-13-16(12)19-10-20-17(13)18;16-15-11-2-1-10(14(11)18-8-19-15)5-20-6-12(13(22)7-20)21-4-3-17-9-21;1-9(2)12-6-19(7-13(12)20)5-10-3-4-11-14(10)17-8-18-15(11)16;1-2-3-10-6-19(8-13(10)20)7-11-4-5-12-14(11)17-9-18-15(12)16/h6,12-13,15,17,24H,1-5,7-11H2,(H2,20,21,22);5,10-11,14-15,22H,1-4,6-9H2,(H2,18,19,20);5,10-11,14-15,22H,3-4,6-9H2,1-2H3,(H2,18,19,20);1,3-4,8-9,12-13,22H,2,5-7H2,(H2,16,18,19);3,8,12-13,20H,1,4-7H2,2H3,(H2,16,17,18);4,9-10,13,20H,2-3,5-8H2,1H3,(H2,16,17,18)/t15-,17-;2*14-,15+;12-,13-;12-,13+;10-,13-/m011010/s1. The molecule has 0 amide bonds. The fourth-order valence-electron chi connectivity index (χ4n) is 23.0. The number of nitrogen functional groups attached to an aromatic ring is 6. The van der Waals surface area contributed by atoms with Gasteiger partial charge < -0.3 is 69.6 Å². The third kappa shape index (κ3) is 21.7. The highest BCUT2D eigenvalue weighted by Gasteiger charge is 2.42. The molecule has 18 N–H and O–H groups in total. The van der Waals surface area contributed by atoms with Crippen LogP contribution in [-0.4, -0.2) is 284 Å². The molecule has 32 nitrogen and oxygen atoms in total. The Morgan fingerprint density at radius 1 is 0.385 bits per heavy atom. The van der Waals surface area contributed by atoms with Crippen LogP contribution in [0.5, 0.6) is 0 Å². The van der Waals surface area contributed by atoms with Gasteiger partial charge in [0.2, 0.25) is 0 Å². The number of aromatic nitrogens is 14. The third-order valence-electron chi connectivity index (χ3n) is 30.1. The summed E-state index contributed by atoms with van der Waals surface area (Å²) < 4.78 is 1.97. The van der Waals surface area contributed by atoms with Gasteiger partial charge in [-0.25, -0.2) is 64.8 Å². The normalized spacial score (nSPS) is 26.4. The predicted octanol–water partition coefficient (Wildman–Crippen LogP) is 7.54. The third-order valence-corrected chi connectivity index (χ3v) is 30.1. The highest BCUT2D eigenvalue weighted by atomic mass is 16.3. The Hall–Kier alpha value is -9.81. The van der Waals surface area contributed by atoms with Gasteiger partial charge in [-0.3, -0.25) is 29.4 Å². The lowest BCUT2D eigenvalue weighted by Gasteiger charge is -2.25. The van der Waals surface area contributed by atoms with Crippen LogP contribution < -0.4 is 34.4 Å². The van der Waals surface area contributed by atoms with Crippen LogP contribution in [-0.2, 0) is 38.5 Å². The van der Waals surface area contributed by atoms with E-state index in [0.29, 0.717) is 77.6 Å². The summed E-state index contributed by atoms with van der Waals surface area (Å²) in [7, 11) is 0. The van der Waals surface area contributed by atoms with Crippen molar-refractivity contribution in [2.75, 3.05) is 152 Å². The van der Waals surface area contributed by atoms with Crippen molar-refractivity contribution in [3.05, 3.63) is 173 Å². The van der Waals surface area contributed by atoms with Crippen LogP contribution in [0.2, 0.25) is 0 Å². The molecule has 13 heterocycles. The zero-order chi connectivity index (χ0) is 90.8. The summed E-state index contributed by atoms with van der Waals surface area (Å²) >= 11 is 0. The number of allylic oxidation sites excluding steroid dienone is 6. The second kappa shape index (κ2) is 42.8. The zero-order valence-corrected chi connectivity index (χ0v) is 76.5. The molecule has 6 saturated heterocycles. The lowest BCUT2D eigenvalue weighted by atomic mass is 9.82. The maximum Gasteiger partial charge on any atom is 0.130 e. The molecule has 8 fully saturated rings. The molecule has 0 radical (unpaired) electrons. The molecular formula is C98H138N26O6. The average Bonchev–Trinajstić information content (AvgIpc) is 1.67. The highest BCUT2D eigenvalue weighted by Crippen LogP contribution is 2.42. The van der Waals surface area contributed by atoms with Crippen LogP contribution >= 0.6 is 0 Å². The van der Waals surface area contributed by atoms with Crippen molar-refractivity contribution in [3.63, 3.8) is 0 Å². The number of hydrogen-bond donors (Lipinski definition) is 12. The second-order valence-corrected chi connectivity index (χ2v) is 38.7. The minimum atomic E-state index is -0.383.